The first kappa shape index (κ1) is 78.5. The third-order valence-corrected chi connectivity index (χ3v) is 17.7. The van der Waals surface area contributed by atoms with Crippen LogP contribution >= 0.6 is 0 Å². The summed E-state index contributed by atoms with van der Waals surface area (Å²) in [6, 6.07) is 35.9. The number of hydrogen-bond donors (Lipinski definition) is 0. The van der Waals surface area contributed by atoms with E-state index in [-0.39, 0.29) is 49.6 Å². The summed E-state index contributed by atoms with van der Waals surface area (Å²) < 4.78 is 17.8. The number of halogens is 4. The van der Waals surface area contributed by atoms with Gasteiger partial charge in [0.2, 0.25) is 0 Å². The molecule has 0 aliphatic carbocycles. The van der Waals surface area contributed by atoms with E-state index in [1.807, 2.05) is 0 Å². The van der Waals surface area contributed by atoms with Crippen LogP contribution in [-0.2, 0) is 0 Å². The second-order valence-corrected chi connectivity index (χ2v) is 26.9. The minimum Gasteiger partial charge on any atom is -1.00 e. The van der Waals surface area contributed by atoms with Crippen molar-refractivity contribution >= 4 is 0 Å². The Morgan fingerprint density at radius 2 is 0.292 bits per heavy atom. The number of aryl methyl sites for hydroxylation is 24. The first-order valence-corrected chi connectivity index (χ1v) is 32.5. The molecule has 504 valence electrons. The van der Waals surface area contributed by atoms with Crippen LogP contribution in [0.2, 0.25) is 0 Å². The lowest BCUT2D eigenvalue weighted by molar-refractivity contribution is -0.595. The van der Waals surface area contributed by atoms with Gasteiger partial charge in [-0.25, -0.2) is 36.5 Å². The molecule has 12 rings (SSSR count). The van der Waals surface area contributed by atoms with Crippen molar-refractivity contribution in [3.05, 3.63) is 305 Å². The van der Waals surface area contributed by atoms with Gasteiger partial charge >= 0.3 is 0 Å². The second-order valence-electron chi connectivity index (χ2n) is 26.9. The van der Waals surface area contributed by atoms with Crippen LogP contribution in [0.25, 0.3) is 45.5 Å². The van der Waals surface area contributed by atoms with Gasteiger partial charge in [0.05, 0.1) is 0 Å². The fourth-order valence-corrected chi connectivity index (χ4v) is 15.1. The summed E-state index contributed by atoms with van der Waals surface area (Å²) in [5.74, 6) is 0. The number of imidazole rings is 4. The third kappa shape index (κ3) is 17.5. The van der Waals surface area contributed by atoms with Crippen LogP contribution in [0, 0.1) is 166 Å². The van der Waals surface area contributed by atoms with E-state index in [4.69, 9.17) is 0 Å². The molecule has 0 bridgehead atoms. The zero-order valence-corrected chi connectivity index (χ0v) is 64.3. The van der Waals surface area contributed by atoms with Crippen molar-refractivity contribution < 1.29 is 67.9 Å². The summed E-state index contributed by atoms with van der Waals surface area (Å²) in [6.07, 6.45) is 25.8. The maximum absolute atomic E-state index is 2.25. The monoisotopic (exact) mass is 1360 g/mol. The van der Waals surface area contributed by atoms with E-state index in [0.29, 0.717) is 0 Å². The van der Waals surface area contributed by atoms with Gasteiger partial charge in [-0.15, -0.1) is 0 Å². The van der Waals surface area contributed by atoms with Crippen molar-refractivity contribution in [2.75, 3.05) is 0 Å². The number of aromatic nitrogens is 8. The van der Waals surface area contributed by atoms with Gasteiger partial charge in [-0.05, 0) is 255 Å². The van der Waals surface area contributed by atoms with Crippen LogP contribution in [0.4, 0.5) is 0 Å². The van der Waals surface area contributed by atoms with Gasteiger partial charge < -0.3 is 49.6 Å². The van der Waals surface area contributed by atoms with E-state index in [1.165, 1.54) is 179 Å². The molecule has 0 N–H and O–H groups in total. The maximum atomic E-state index is 2.25. The molecule has 8 nitrogen and oxygen atoms in total. The summed E-state index contributed by atoms with van der Waals surface area (Å²) in [5.41, 5.74) is 41.6. The topological polar surface area (TPSA) is 35.2 Å². The standard InChI is InChI=1S/4C21H25N2.4ClH/c4*1-14-9-16(3)20(17(4)10-14)22-7-8-23(13-22)21-18(5)11-15(2)12-19(21)6;;;;/h4*7-13H,1-6H3;4*1H/q4*+1;;;;/p-4. The highest BCUT2D eigenvalue weighted by Crippen LogP contribution is 2.27. The van der Waals surface area contributed by atoms with E-state index in [2.05, 4.69) is 375 Å². The molecule has 12 heteroatoms. The first-order valence-electron chi connectivity index (χ1n) is 32.5. The van der Waals surface area contributed by atoms with Crippen LogP contribution in [0.3, 0.4) is 0 Å². The minimum atomic E-state index is 0. The Labute approximate surface area is 599 Å². The average Bonchev–Trinajstić information content (AvgIpc) is 1.61. The Hall–Kier alpha value is -8.24. The fourth-order valence-electron chi connectivity index (χ4n) is 15.1. The highest BCUT2D eigenvalue weighted by atomic mass is 35.5. The minimum absolute atomic E-state index is 0. The fraction of sp³-hybridized carbons (Fsp3) is 0.286. The highest BCUT2D eigenvalue weighted by Gasteiger charge is 2.22. The first-order chi connectivity index (χ1) is 43.5. The lowest BCUT2D eigenvalue weighted by Gasteiger charge is -2.08. The lowest BCUT2D eigenvalue weighted by atomic mass is 10.0. The Bertz CT molecular complexity index is 3690. The van der Waals surface area contributed by atoms with Gasteiger partial charge in [0.1, 0.15) is 95.1 Å². The van der Waals surface area contributed by atoms with Gasteiger partial charge in [0, 0.05) is 0 Å². The molecule has 4 aromatic heterocycles. The predicted molar refractivity (Wildman–Crippen MR) is 383 cm³/mol. The number of hydrogen-bond acceptors (Lipinski definition) is 0. The molecular formula is C84H100Cl4N8. The lowest BCUT2D eigenvalue weighted by Crippen LogP contribution is -3.00. The molecule has 96 heavy (non-hydrogen) atoms. The van der Waals surface area contributed by atoms with Crippen molar-refractivity contribution in [1.29, 1.82) is 0 Å². The zero-order chi connectivity index (χ0) is 66.9. The quantitative estimate of drug-likeness (QED) is 0.158. The second kappa shape index (κ2) is 32.7. The van der Waals surface area contributed by atoms with E-state index in [9.17, 15) is 0 Å². The molecular weight excluding hydrogens is 1260 g/mol. The molecule has 8 aromatic carbocycles. The van der Waals surface area contributed by atoms with Crippen LogP contribution in [0.5, 0.6) is 0 Å². The average molecular weight is 1360 g/mol. The molecule has 12 aromatic rings. The summed E-state index contributed by atoms with van der Waals surface area (Å²) in [4.78, 5) is 0. The molecule has 0 saturated carbocycles. The van der Waals surface area contributed by atoms with E-state index < -0.39 is 0 Å². The Morgan fingerprint density at radius 3 is 0.417 bits per heavy atom. The predicted octanol–water partition coefficient (Wildman–Crippen LogP) is 6.43. The van der Waals surface area contributed by atoms with E-state index in [0.717, 1.165) is 0 Å². The van der Waals surface area contributed by atoms with E-state index in [1.54, 1.807) is 0 Å². The maximum Gasteiger partial charge on any atom is 0.254 e. The van der Waals surface area contributed by atoms with Crippen molar-refractivity contribution in [2.45, 2.75) is 166 Å². The SMILES string of the molecule is Cc1cc(C)c(-n2cc[n+](-c3c(C)cc(C)cc3C)c2)c(C)c1.Cc1cc(C)c(-n2cc[n+](-c3c(C)cc(C)cc3C)c2)c(C)c1.Cc1cc(C)c(-n2cc[n+](-c3c(C)cc(C)cc3C)c2)c(C)c1.Cc1cc(C)c(-n2cc[n+](-c3c(C)cc(C)cc3C)c2)c(C)c1.[Cl-].[Cl-].[Cl-].[Cl-]. The summed E-state index contributed by atoms with van der Waals surface area (Å²) in [6.45, 7) is 52.1. The molecule has 0 fully saturated rings. The molecule has 4 heterocycles. The van der Waals surface area contributed by atoms with Gasteiger partial charge in [-0.3, -0.25) is 0 Å². The molecule has 0 atom stereocenters. The van der Waals surface area contributed by atoms with Crippen molar-refractivity contribution in [3.63, 3.8) is 0 Å². The molecule has 0 amide bonds. The molecule has 0 aliphatic heterocycles. The van der Waals surface area contributed by atoms with Gasteiger partial charge in [-0.1, -0.05) is 142 Å². The van der Waals surface area contributed by atoms with Crippen LogP contribution in [0.15, 0.2) is 172 Å². The van der Waals surface area contributed by atoms with Crippen LogP contribution < -0.4 is 67.9 Å². The van der Waals surface area contributed by atoms with Crippen molar-refractivity contribution in [2.24, 2.45) is 0 Å². The smallest absolute Gasteiger partial charge is 0.254 e. The third-order valence-electron chi connectivity index (χ3n) is 17.7. The number of nitrogens with zero attached hydrogens (tertiary/aromatic N) is 8. The zero-order valence-electron chi connectivity index (χ0n) is 61.3. The van der Waals surface area contributed by atoms with Crippen LogP contribution in [0.1, 0.15) is 134 Å². The highest BCUT2D eigenvalue weighted by molar-refractivity contribution is 5.54. The van der Waals surface area contributed by atoms with Crippen molar-refractivity contribution in [3.8, 4) is 45.5 Å². The molecule has 0 saturated heterocycles. The molecule has 0 unspecified atom stereocenters. The number of benzene rings is 8. The van der Waals surface area contributed by atoms with Crippen LogP contribution in [-0.4, -0.2) is 18.3 Å². The van der Waals surface area contributed by atoms with E-state index >= 15 is 0 Å². The van der Waals surface area contributed by atoms with Gasteiger partial charge in [0.15, 0.2) is 0 Å². The Morgan fingerprint density at radius 1 is 0.177 bits per heavy atom. The Balaban J connectivity index is 0.000000228. The van der Waals surface area contributed by atoms with Gasteiger partial charge in [-0.2, -0.15) is 0 Å². The van der Waals surface area contributed by atoms with Gasteiger partial charge in [0.25, 0.3) is 25.3 Å². The Kier molecular flexibility index (Phi) is 26.7. The molecule has 0 radical (unpaired) electrons. The largest absolute Gasteiger partial charge is 1.00 e. The normalized spacial score (nSPS) is 10.6. The summed E-state index contributed by atoms with van der Waals surface area (Å²) >= 11 is 0. The summed E-state index contributed by atoms with van der Waals surface area (Å²) in [5, 5.41) is 0. The molecule has 0 spiro atoms. The summed E-state index contributed by atoms with van der Waals surface area (Å²) in [7, 11) is 0. The number of rotatable bonds is 8. The van der Waals surface area contributed by atoms with Crippen molar-refractivity contribution in [1.82, 2.24) is 18.3 Å². The molecule has 0 aliphatic rings.